The zero-order valence-corrected chi connectivity index (χ0v) is 26.1. The van der Waals surface area contributed by atoms with E-state index in [4.69, 9.17) is 0 Å². The Kier molecular flexibility index (Phi) is 10.5. The molecule has 2 saturated heterocycles. The molecule has 43 heavy (non-hydrogen) atoms. The molecule has 0 radical (unpaired) electrons. The zero-order valence-electron chi connectivity index (χ0n) is 26.1. The number of phenolic OH excluding ortho intramolecular Hbond substituents is 1. The third kappa shape index (κ3) is 7.84. The summed E-state index contributed by atoms with van der Waals surface area (Å²) < 4.78 is 13.9. The highest BCUT2D eigenvalue weighted by Crippen LogP contribution is 2.35. The monoisotopic (exact) mass is 585 g/mol. The van der Waals surface area contributed by atoms with Crippen molar-refractivity contribution in [3.8, 4) is 5.75 Å². The van der Waals surface area contributed by atoms with Gasteiger partial charge in [0.05, 0.1) is 6.04 Å². The number of amides is 1. The first-order valence-corrected chi connectivity index (χ1v) is 16.2. The molecule has 3 atom stereocenters. The van der Waals surface area contributed by atoms with Crippen LogP contribution in [0.4, 0.5) is 4.39 Å². The van der Waals surface area contributed by atoms with Crippen LogP contribution in [-0.2, 0) is 6.54 Å². The summed E-state index contributed by atoms with van der Waals surface area (Å²) >= 11 is 0. The molecule has 1 amide bonds. The third-order valence-corrected chi connectivity index (χ3v) is 9.55. The molecule has 1 unspecified atom stereocenters. The Hall–Kier alpha value is -3.22. The fourth-order valence-corrected chi connectivity index (χ4v) is 7.04. The maximum Gasteiger partial charge on any atom is 0.253 e. The van der Waals surface area contributed by atoms with Crippen molar-refractivity contribution >= 4 is 5.91 Å². The molecule has 230 valence electrons. The molecule has 0 bridgehead atoms. The van der Waals surface area contributed by atoms with Gasteiger partial charge in [0.25, 0.3) is 5.91 Å². The van der Waals surface area contributed by atoms with Crippen LogP contribution in [0.15, 0.2) is 72.8 Å². The van der Waals surface area contributed by atoms with Gasteiger partial charge >= 0.3 is 0 Å². The van der Waals surface area contributed by atoms with E-state index in [0.29, 0.717) is 6.54 Å². The van der Waals surface area contributed by atoms with Crippen molar-refractivity contribution in [2.24, 2.45) is 5.92 Å². The highest BCUT2D eigenvalue weighted by molar-refractivity contribution is 5.94. The molecule has 6 heteroatoms. The molecule has 2 aliphatic rings. The molecule has 1 N–H and O–H groups in total. The van der Waals surface area contributed by atoms with Gasteiger partial charge in [0.15, 0.2) is 0 Å². The lowest BCUT2D eigenvalue weighted by atomic mass is 9.90. The highest BCUT2D eigenvalue weighted by atomic mass is 19.1. The predicted molar refractivity (Wildman–Crippen MR) is 172 cm³/mol. The van der Waals surface area contributed by atoms with E-state index >= 15 is 0 Å². The van der Waals surface area contributed by atoms with E-state index in [2.05, 4.69) is 48.8 Å². The molecule has 3 aromatic carbocycles. The quantitative estimate of drug-likeness (QED) is 0.248. The SMILES string of the molecule is CCCCCC1CCN(C(=O)c2ccc(C(c3cccc(O)c3)N3C[C@@H](C)N(Cc4cccc(F)c4)C[C@@H]3C)cc2)CC1. The Bertz CT molecular complexity index is 1340. The lowest BCUT2D eigenvalue weighted by Crippen LogP contribution is -2.56. The molecule has 2 fully saturated rings. The van der Waals surface area contributed by atoms with Gasteiger partial charge in [-0.3, -0.25) is 14.6 Å². The highest BCUT2D eigenvalue weighted by Gasteiger charge is 2.35. The van der Waals surface area contributed by atoms with Crippen molar-refractivity contribution in [1.82, 2.24) is 14.7 Å². The van der Waals surface area contributed by atoms with Gasteiger partial charge in [0.2, 0.25) is 0 Å². The Morgan fingerprint density at radius 2 is 1.65 bits per heavy atom. The second kappa shape index (κ2) is 14.5. The van der Waals surface area contributed by atoms with Crippen LogP contribution in [0.1, 0.15) is 92.4 Å². The zero-order chi connectivity index (χ0) is 30.3. The summed E-state index contributed by atoms with van der Waals surface area (Å²) in [5, 5.41) is 10.4. The summed E-state index contributed by atoms with van der Waals surface area (Å²) in [5.74, 6) is 0.924. The Labute approximate surface area is 257 Å². The minimum Gasteiger partial charge on any atom is -0.508 e. The fraction of sp³-hybridized carbons (Fsp3) is 0.486. The van der Waals surface area contributed by atoms with Gasteiger partial charge in [-0.1, -0.05) is 69.0 Å². The second-order valence-electron chi connectivity index (χ2n) is 12.8. The number of carbonyl (C=O) groups is 1. The van der Waals surface area contributed by atoms with Gasteiger partial charge in [-0.15, -0.1) is 0 Å². The number of piperidine rings is 1. The van der Waals surface area contributed by atoms with Crippen molar-refractivity contribution in [1.29, 1.82) is 0 Å². The topological polar surface area (TPSA) is 47.0 Å². The third-order valence-electron chi connectivity index (χ3n) is 9.55. The minimum atomic E-state index is -0.199. The van der Waals surface area contributed by atoms with E-state index in [1.54, 1.807) is 18.2 Å². The number of phenols is 1. The molecule has 0 aliphatic carbocycles. The van der Waals surface area contributed by atoms with Crippen molar-refractivity contribution in [2.45, 2.75) is 84.0 Å². The van der Waals surface area contributed by atoms with Crippen LogP contribution in [0.5, 0.6) is 5.75 Å². The molecule has 0 saturated carbocycles. The van der Waals surface area contributed by atoms with E-state index in [1.807, 2.05) is 35.2 Å². The van der Waals surface area contributed by atoms with E-state index < -0.39 is 0 Å². The maximum atomic E-state index is 13.9. The van der Waals surface area contributed by atoms with Crippen molar-refractivity contribution in [3.05, 3.63) is 101 Å². The number of hydrogen-bond acceptors (Lipinski definition) is 4. The number of benzene rings is 3. The van der Waals surface area contributed by atoms with Gasteiger partial charge in [0.1, 0.15) is 11.6 Å². The lowest BCUT2D eigenvalue weighted by molar-refractivity contribution is 0.0194. The van der Waals surface area contributed by atoms with E-state index in [0.717, 1.165) is 67.2 Å². The molecule has 2 aliphatic heterocycles. The summed E-state index contributed by atoms with van der Waals surface area (Å²) in [6, 6.07) is 23.0. The van der Waals surface area contributed by atoms with Gasteiger partial charge < -0.3 is 10.0 Å². The van der Waals surface area contributed by atoms with Crippen LogP contribution < -0.4 is 0 Å². The number of nitrogens with zero attached hydrogens (tertiary/aromatic N) is 3. The Morgan fingerprint density at radius 1 is 0.907 bits per heavy atom. The van der Waals surface area contributed by atoms with Crippen LogP contribution >= 0.6 is 0 Å². The molecule has 0 spiro atoms. The van der Waals surface area contributed by atoms with Crippen LogP contribution in [-0.4, -0.2) is 64.0 Å². The summed E-state index contributed by atoms with van der Waals surface area (Å²) in [7, 11) is 0. The number of unbranched alkanes of at least 4 members (excludes halogenated alkanes) is 2. The van der Waals surface area contributed by atoms with Gasteiger partial charge in [-0.05, 0) is 85.7 Å². The van der Waals surface area contributed by atoms with E-state index in [1.165, 1.54) is 31.7 Å². The van der Waals surface area contributed by atoms with Crippen LogP contribution in [0.2, 0.25) is 0 Å². The maximum absolute atomic E-state index is 13.9. The van der Waals surface area contributed by atoms with E-state index in [-0.39, 0.29) is 35.6 Å². The van der Waals surface area contributed by atoms with Gasteiger partial charge in [-0.25, -0.2) is 4.39 Å². The molecule has 2 heterocycles. The first-order valence-electron chi connectivity index (χ1n) is 16.2. The first kappa shape index (κ1) is 31.2. The number of likely N-dealkylation sites (tertiary alicyclic amines) is 1. The lowest BCUT2D eigenvalue weighted by Gasteiger charge is -2.47. The molecule has 0 aromatic heterocycles. The van der Waals surface area contributed by atoms with Crippen LogP contribution in [0, 0.1) is 11.7 Å². The summed E-state index contributed by atoms with van der Waals surface area (Å²) in [6.45, 7) is 10.8. The standard InChI is InChI=1S/C37H48FN3O2/c1-4-5-6-9-29-18-20-39(21-19-29)37(43)32-16-14-31(15-17-32)36(33-11-8-13-35(42)23-33)41-25-27(2)40(24-28(41)3)26-30-10-7-12-34(38)22-30/h7-8,10-17,22-23,27-29,36,42H,4-6,9,18-21,24-26H2,1-3H3/t27-,28+,36?/m1/s1. The largest absolute Gasteiger partial charge is 0.508 e. The molecular formula is C37H48FN3O2. The number of carbonyl (C=O) groups excluding carboxylic acids is 1. The normalized spacial score (nSPS) is 21.2. The smallest absolute Gasteiger partial charge is 0.253 e. The number of piperazine rings is 1. The van der Waals surface area contributed by atoms with E-state index in [9.17, 15) is 14.3 Å². The summed E-state index contributed by atoms with van der Waals surface area (Å²) in [4.78, 5) is 20.4. The Morgan fingerprint density at radius 3 is 2.35 bits per heavy atom. The minimum absolute atomic E-state index is 0.0658. The number of halogens is 1. The predicted octanol–water partition coefficient (Wildman–Crippen LogP) is 7.65. The van der Waals surface area contributed by atoms with Crippen molar-refractivity contribution in [2.75, 3.05) is 26.2 Å². The summed E-state index contributed by atoms with van der Waals surface area (Å²) in [6.07, 6.45) is 7.36. The number of rotatable bonds is 10. The van der Waals surface area contributed by atoms with Crippen molar-refractivity contribution < 1.29 is 14.3 Å². The molecule has 5 nitrogen and oxygen atoms in total. The van der Waals surface area contributed by atoms with Crippen molar-refractivity contribution in [3.63, 3.8) is 0 Å². The molecule has 5 rings (SSSR count). The number of aromatic hydroxyl groups is 1. The second-order valence-corrected chi connectivity index (χ2v) is 12.8. The summed E-state index contributed by atoms with van der Waals surface area (Å²) in [5.41, 5.74) is 3.86. The Balaban J connectivity index is 1.30. The average Bonchev–Trinajstić information content (AvgIpc) is 3.00. The molecular weight excluding hydrogens is 537 g/mol. The average molecular weight is 586 g/mol. The fourth-order valence-electron chi connectivity index (χ4n) is 7.04. The number of hydrogen-bond donors (Lipinski definition) is 1. The van der Waals surface area contributed by atoms with Gasteiger partial charge in [0, 0.05) is 50.4 Å². The molecule has 3 aromatic rings. The van der Waals surface area contributed by atoms with Crippen LogP contribution in [0.3, 0.4) is 0 Å². The van der Waals surface area contributed by atoms with Crippen LogP contribution in [0.25, 0.3) is 0 Å². The first-order chi connectivity index (χ1) is 20.8. The van der Waals surface area contributed by atoms with Gasteiger partial charge in [-0.2, -0.15) is 0 Å².